The first-order valence-electron chi connectivity index (χ1n) is 5.54. The molecule has 0 spiro atoms. The summed E-state index contributed by atoms with van der Waals surface area (Å²) >= 11 is 0.905. The van der Waals surface area contributed by atoms with Gasteiger partial charge in [-0.2, -0.15) is 0 Å². The van der Waals surface area contributed by atoms with E-state index in [1.807, 2.05) is 6.92 Å². The van der Waals surface area contributed by atoms with Gasteiger partial charge in [0.1, 0.15) is 9.77 Å². The van der Waals surface area contributed by atoms with E-state index in [4.69, 9.17) is 5.11 Å². The fourth-order valence-electron chi connectivity index (χ4n) is 1.76. The molecule has 0 fully saturated rings. The second kappa shape index (κ2) is 5.38. The van der Waals surface area contributed by atoms with Gasteiger partial charge in [0.05, 0.1) is 0 Å². The third-order valence-corrected chi connectivity index (χ3v) is 5.17. The van der Waals surface area contributed by atoms with Gasteiger partial charge in [0.2, 0.25) is 10.0 Å². The molecule has 0 aliphatic rings. The molecule has 0 amide bonds. The van der Waals surface area contributed by atoms with Gasteiger partial charge in [0.15, 0.2) is 0 Å². The summed E-state index contributed by atoms with van der Waals surface area (Å²) in [5.41, 5.74) is -0.592. The minimum absolute atomic E-state index is 0.158. The molecule has 0 radical (unpaired) electrons. The van der Waals surface area contributed by atoms with Crippen LogP contribution in [0.15, 0.2) is 16.3 Å². The molecule has 0 aliphatic heterocycles. The second-order valence-electron chi connectivity index (χ2n) is 4.66. The van der Waals surface area contributed by atoms with Crippen molar-refractivity contribution in [3.8, 4) is 0 Å². The van der Waals surface area contributed by atoms with Gasteiger partial charge in [-0.3, -0.25) is 0 Å². The van der Waals surface area contributed by atoms with Crippen LogP contribution in [0, 0.1) is 0 Å². The Morgan fingerprint density at radius 3 is 2.61 bits per heavy atom. The maximum atomic E-state index is 12.1. The van der Waals surface area contributed by atoms with Gasteiger partial charge in [-0.15, -0.1) is 11.3 Å². The van der Waals surface area contributed by atoms with Crippen molar-refractivity contribution in [1.82, 2.24) is 4.72 Å². The average Bonchev–Trinajstić information content (AvgIpc) is 2.63. The topological polar surface area (TPSA) is 83.5 Å². The van der Waals surface area contributed by atoms with Crippen LogP contribution in [0.5, 0.6) is 0 Å². The van der Waals surface area contributed by atoms with Crippen LogP contribution in [0.3, 0.4) is 0 Å². The summed E-state index contributed by atoms with van der Waals surface area (Å²) in [4.78, 5) is 10.6. The Hall–Kier alpha value is -0.920. The number of aromatic carboxylic acids is 1. The highest BCUT2D eigenvalue weighted by atomic mass is 32.2. The molecule has 7 heteroatoms. The Kier molecular flexibility index (Phi) is 4.52. The maximum absolute atomic E-state index is 12.1. The SMILES string of the molecule is CCCC(C)(C)NS(=O)(=O)c1ccsc1C(=O)O. The van der Waals surface area contributed by atoms with Crippen LogP contribution in [-0.2, 0) is 10.0 Å². The van der Waals surface area contributed by atoms with Crippen LogP contribution in [0.4, 0.5) is 0 Å². The highest BCUT2D eigenvalue weighted by Gasteiger charge is 2.29. The van der Waals surface area contributed by atoms with Crippen molar-refractivity contribution in [2.45, 2.75) is 44.0 Å². The van der Waals surface area contributed by atoms with Crippen LogP contribution in [0.2, 0.25) is 0 Å². The highest BCUT2D eigenvalue weighted by Crippen LogP contribution is 2.24. The Morgan fingerprint density at radius 2 is 2.11 bits per heavy atom. The molecule has 0 aliphatic carbocycles. The largest absolute Gasteiger partial charge is 0.477 e. The van der Waals surface area contributed by atoms with E-state index in [1.54, 1.807) is 13.8 Å². The molecule has 18 heavy (non-hydrogen) atoms. The minimum Gasteiger partial charge on any atom is -0.477 e. The summed E-state index contributed by atoms with van der Waals surface area (Å²) in [6.45, 7) is 5.52. The number of sulfonamides is 1. The normalized spacial score (nSPS) is 12.6. The van der Waals surface area contributed by atoms with Crippen LogP contribution >= 0.6 is 11.3 Å². The number of carboxylic acids is 1. The third kappa shape index (κ3) is 3.54. The summed E-state index contributed by atoms with van der Waals surface area (Å²) in [7, 11) is -3.79. The lowest BCUT2D eigenvalue weighted by atomic mass is 10.0. The van der Waals surface area contributed by atoms with E-state index in [0.29, 0.717) is 6.42 Å². The summed E-state index contributed by atoms with van der Waals surface area (Å²) in [5, 5.41) is 10.4. The molecule has 5 nitrogen and oxygen atoms in total. The van der Waals surface area contributed by atoms with Gasteiger partial charge in [-0.1, -0.05) is 13.3 Å². The number of hydrogen-bond donors (Lipinski definition) is 2. The molecule has 0 bridgehead atoms. The number of thiophene rings is 1. The van der Waals surface area contributed by atoms with Crippen molar-refractivity contribution in [1.29, 1.82) is 0 Å². The average molecular weight is 291 g/mol. The van der Waals surface area contributed by atoms with E-state index < -0.39 is 21.5 Å². The van der Waals surface area contributed by atoms with E-state index in [9.17, 15) is 13.2 Å². The molecule has 1 rings (SSSR count). The maximum Gasteiger partial charge on any atom is 0.347 e. The molecule has 0 aromatic carbocycles. The van der Waals surface area contributed by atoms with Crippen molar-refractivity contribution in [2.24, 2.45) is 0 Å². The van der Waals surface area contributed by atoms with Crippen LogP contribution in [-0.4, -0.2) is 25.0 Å². The number of carboxylic acid groups (broad SMARTS) is 1. The van der Waals surface area contributed by atoms with Crippen LogP contribution in [0.25, 0.3) is 0 Å². The molecule has 0 saturated carbocycles. The molecule has 2 N–H and O–H groups in total. The van der Waals surface area contributed by atoms with E-state index in [2.05, 4.69) is 4.72 Å². The summed E-state index contributed by atoms with van der Waals surface area (Å²) in [6, 6.07) is 1.32. The molecule has 1 aromatic rings. The van der Waals surface area contributed by atoms with Crippen LogP contribution < -0.4 is 4.72 Å². The lowest BCUT2D eigenvalue weighted by Crippen LogP contribution is -2.43. The number of rotatable bonds is 6. The highest BCUT2D eigenvalue weighted by molar-refractivity contribution is 7.89. The van der Waals surface area contributed by atoms with Crippen molar-refractivity contribution in [2.75, 3.05) is 0 Å². The Morgan fingerprint density at radius 1 is 1.50 bits per heavy atom. The molecule has 1 heterocycles. The van der Waals surface area contributed by atoms with Gasteiger partial charge >= 0.3 is 5.97 Å². The molecular weight excluding hydrogens is 274 g/mol. The summed E-state index contributed by atoms with van der Waals surface area (Å²) < 4.78 is 26.8. The van der Waals surface area contributed by atoms with Gasteiger partial charge in [-0.25, -0.2) is 17.9 Å². The summed E-state index contributed by atoms with van der Waals surface area (Å²) in [5.74, 6) is -1.22. The van der Waals surface area contributed by atoms with Crippen LogP contribution in [0.1, 0.15) is 43.3 Å². The minimum atomic E-state index is -3.79. The van der Waals surface area contributed by atoms with Gasteiger partial charge in [-0.05, 0) is 31.7 Å². The fraction of sp³-hybridized carbons (Fsp3) is 0.545. The van der Waals surface area contributed by atoms with Crippen molar-refractivity contribution >= 4 is 27.3 Å². The molecule has 0 saturated heterocycles. The van der Waals surface area contributed by atoms with E-state index in [1.165, 1.54) is 11.4 Å². The Balaban J connectivity index is 3.07. The first kappa shape index (κ1) is 15.1. The monoisotopic (exact) mass is 291 g/mol. The zero-order valence-corrected chi connectivity index (χ0v) is 12.2. The quantitative estimate of drug-likeness (QED) is 0.842. The molecule has 102 valence electrons. The molecule has 0 atom stereocenters. The van der Waals surface area contributed by atoms with E-state index in [-0.39, 0.29) is 9.77 Å². The zero-order chi connectivity index (χ0) is 14.0. The van der Waals surface area contributed by atoms with Crippen molar-refractivity contribution in [3.05, 3.63) is 16.3 Å². The predicted molar refractivity (Wildman–Crippen MR) is 70.6 cm³/mol. The van der Waals surface area contributed by atoms with Gasteiger partial charge in [0.25, 0.3) is 0 Å². The molecule has 1 aromatic heterocycles. The number of hydrogen-bond acceptors (Lipinski definition) is 4. The standard InChI is InChI=1S/C11H17NO4S2/c1-4-6-11(2,3)12-18(15,16)8-5-7-17-9(8)10(13)14/h5,7,12H,4,6H2,1-3H3,(H,13,14). The Bertz CT molecular complexity index is 531. The van der Waals surface area contributed by atoms with E-state index in [0.717, 1.165) is 17.8 Å². The number of carbonyl (C=O) groups is 1. The predicted octanol–water partition coefficient (Wildman–Crippen LogP) is 2.30. The van der Waals surface area contributed by atoms with Gasteiger partial charge in [0, 0.05) is 5.54 Å². The smallest absolute Gasteiger partial charge is 0.347 e. The van der Waals surface area contributed by atoms with Crippen molar-refractivity contribution < 1.29 is 18.3 Å². The lowest BCUT2D eigenvalue weighted by Gasteiger charge is -2.25. The molecular formula is C11H17NO4S2. The Labute approximate surface area is 111 Å². The van der Waals surface area contributed by atoms with Crippen molar-refractivity contribution in [3.63, 3.8) is 0 Å². The van der Waals surface area contributed by atoms with Gasteiger partial charge < -0.3 is 5.11 Å². The lowest BCUT2D eigenvalue weighted by molar-refractivity contribution is 0.0698. The second-order valence-corrected chi connectivity index (χ2v) is 7.23. The molecule has 0 unspecified atom stereocenters. The first-order chi connectivity index (χ1) is 8.19. The first-order valence-corrected chi connectivity index (χ1v) is 7.90. The fourth-order valence-corrected chi connectivity index (χ4v) is 4.46. The number of nitrogens with one attached hydrogen (secondary N) is 1. The van der Waals surface area contributed by atoms with E-state index >= 15 is 0 Å². The zero-order valence-electron chi connectivity index (χ0n) is 10.6. The summed E-state index contributed by atoms with van der Waals surface area (Å²) in [6.07, 6.45) is 1.52. The third-order valence-electron chi connectivity index (χ3n) is 2.40.